The second-order valence-corrected chi connectivity index (χ2v) is 17.7. The van der Waals surface area contributed by atoms with Crippen LogP contribution in [0.15, 0.2) is 134 Å². The van der Waals surface area contributed by atoms with E-state index < -0.39 is 6.10 Å². The van der Waals surface area contributed by atoms with E-state index in [1.165, 1.54) is 70.6 Å². The van der Waals surface area contributed by atoms with Gasteiger partial charge in [-0.3, -0.25) is 14.4 Å². The van der Waals surface area contributed by atoms with Crippen LogP contribution in [0.4, 0.5) is 0 Å². The molecule has 0 radical (unpaired) electrons. The Bertz CT molecular complexity index is 1510. The fourth-order valence-electron chi connectivity index (χ4n) is 6.98. The van der Waals surface area contributed by atoms with Gasteiger partial charge in [0.15, 0.2) is 6.10 Å². The number of carbonyl (C=O) groups is 3. The lowest BCUT2D eigenvalue weighted by Gasteiger charge is -2.18. The highest BCUT2D eigenvalue weighted by atomic mass is 16.6. The molecule has 6 heteroatoms. The van der Waals surface area contributed by atoms with E-state index in [1.807, 2.05) is 12.2 Å². The maximum absolute atomic E-state index is 12.8. The van der Waals surface area contributed by atoms with Crippen molar-refractivity contribution in [3.63, 3.8) is 0 Å². The zero-order chi connectivity index (χ0) is 50.0. The lowest BCUT2D eigenvalue weighted by atomic mass is 10.1. The summed E-state index contributed by atoms with van der Waals surface area (Å²) < 4.78 is 16.7. The summed E-state index contributed by atoms with van der Waals surface area (Å²) in [7, 11) is 0. The maximum Gasteiger partial charge on any atom is 0.306 e. The average molecular weight is 953 g/mol. The lowest BCUT2D eigenvalue weighted by molar-refractivity contribution is -0.166. The van der Waals surface area contributed by atoms with Crippen molar-refractivity contribution in [2.45, 2.75) is 232 Å². The van der Waals surface area contributed by atoms with Gasteiger partial charge in [-0.25, -0.2) is 0 Å². The summed E-state index contributed by atoms with van der Waals surface area (Å²) in [6, 6.07) is 0. The first kappa shape index (κ1) is 64.5. The van der Waals surface area contributed by atoms with E-state index in [9.17, 15) is 14.4 Å². The number of carbonyl (C=O) groups excluding carboxylic acids is 3. The SMILES string of the molecule is CC/C=C\C/C=C\C/C=C\CCCCCCCC(=O)OC[C@H](COC(=O)CC/C=C\C/C=C\C/C=C\C/C=C\C/C=C\CCCCC)OC(=O)CCC/C=C\C/C=C\C/C=C\CCCCCCCC. The van der Waals surface area contributed by atoms with E-state index in [-0.39, 0.29) is 44.0 Å². The van der Waals surface area contributed by atoms with E-state index in [0.717, 1.165) is 103 Å². The van der Waals surface area contributed by atoms with E-state index in [1.54, 1.807) is 0 Å². The zero-order valence-corrected chi connectivity index (χ0v) is 44.3. The molecule has 0 aliphatic heterocycles. The Kier molecular flexibility index (Phi) is 52.5. The van der Waals surface area contributed by atoms with Gasteiger partial charge in [0.25, 0.3) is 0 Å². The first-order chi connectivity index (χ1) is 34.0. The molecule has 0 rings (SSSR count). The smallest absolute Gasteiger partial charge is 0.306 e. The molecular weight excluding hydrogens is 853 g/mol. The van der Waals surface area contributed by atoms with Gasteiger partial charge in [-0.05, 0) is 122 Å². The molecule has 0 amide bonds. The van der Waals surface area contributed by atoms with Crippen LogP contribution >= 0.6 is 0 Å². The second-order valence-electron chi connectivity index (χ2n) is 17.7. The third-order valence-corrected chi connectivity index (χ3v) is 11.1. The zero-order valence-electron chi connectivity index (χ0n) is 44.3. The van der Waals surface area contributed by atoms with Gasteiger partial charge in [0.05, 0.1) is 0 Å². The number of hydrogen-bond acceptors (Lipinski definition) is 6. The van der Waals surface area contributed by atoms with Crippen molar-refractivity contribution in [1.82, 2.24) is 0 Å². The molecule has 6 nitrogen and oxygen atoms in total. The molecule has 1 atom stereocenters. The summed E-state index contributed by atoms with van der Waals surface area (Å²) in [5, 5.41) is 0. The fraction of sp³-hybridized carbons (Fsp3) is 0.603. The first-order valence-corrected chi connectivity index (χ1v) is 27.7. The number of ether oxygens (including phenoxy) is 3. The maximum atomic E-state index is 12.8. The van der Waals surface area contributed by atoms with Crippen LogP contribution in [0.25, 0.3) is 0 Å². The third-order valence-electron chi connectivity index (χ3n) is 11.1. The molecule has 0 aromatic rings. The van der Waals surface area contributed by atoms with Gasteiger partial charge in [0.2, 0.25) is 0 Å². The van der Waals surface area contributed by atoms with Gasteiger partial charge < -0.3 is 14.2 Å². The van der Waals surface area contributed by atoms with Gasteiger partial charge in [0.1, 0.15) is 13.2 Å². The van der Waals surface area contributed by atoms with Crippen molar-refractivity contribution in [2.75, 3.05) is 13.2 Å². The predicted octanol–water partition coefficient (Wildman–Crippen LogP) is 18.6. The molecule has 0 N–H and O–H groups in total. The van der Waals surface area contributed by atoms with Crippen LogP contribution < -0.4 is 0 Å². The molecule has 388 valence electrons. The summed E-state index contributed by atoms with van der Waals surface area (Å²) >= 11 is 0. The highest BCUT2D eigenvalue weighted by molar-refractivity contribution is 5.71. The van der Waals surface area contributed by atoms with Crippen molar-refractivity contribution in [3.05, 3.63) is 134 Å². The van der Waals surface area contributed by atoms with E-state index in [4.69, 9.17) is 14.2 Å². The van der Waals surface area contributed by atoms with Crippen molar-refractivity contribution < 1.29 is 28.6 Å². The molecular formula is C63H100O6. The van der Waals surface area contributed by atoms with Crippen LogP contribution in [-0.2, 0) is 28.6 Å². The molecule has 0 aromatic carbocycles. The van der Waals surface area contributed by atoms with Gasteiger partial charge in [-0.1, -0.05) is 219 Å². The Morgan fingerprint density at radius 3 is 1.04 bits per heavy atom. The molecule has 0 saturated carbocycles. The Labute approximate surface area is 424 Å². The quantitative estimate of drug-likeness (QED) is 0.0262. The number of esters is 3. The number of hydrogen-bond donors (Lipinski definition) is 0. The van der Waals surface area contributed by atoms with Crippen LogP contribution in [0, 0.1) is 0 Å². The van der Waals surface area contributed by atoms with Crippen LogP contribution in [-0.4, -0.2) is 37.2 Å². The van der Waals surface area contributed by atoms with Crippen LogP contribution in [0.5, 0.6) is 0 Å². The predicted molar refractivity (Wildman–Crippen MR) is 297 cm³/mol. The minimum atomic E-state index is -0.847. The molecule has 0 aliphatic rings. The molecule has 69 heavy (non-hydrogen) atoms. The van der Waals surface area contributed by atoms with Crippen molar-refractivity contribution in [3.8, 4) is 0 Å². The minimum absolute atomic E-state index is 0.135. The summed E-state index contributed by atoms with van der Waals surface area (Å²) in [6.45, 7) is 6.36. The second kappa shape index (κ2) is 56.1. The topological polar surface area (TPSA) is 78.9 Å². The highest BCUT2D eigenvalue weighted by Crippen LogP contribution is 2.11. The fourth-order valence-corrected chi connectivity index (χ4v) is 6.98. The molecule has 0 unspecified atom stereocenters. The highest BCUT2D eigenvalue weighted by Gasteiger charge is 2.19. The number of unbranched alkanes of at least 4 members (excludes halogenated alkanes) is 15. The number of allylic oxidation sites excluding steroid dienone is 22. The number of rotatable bonds is 48. The Balaban J connectivity index is 4.62. The molecule has 0 spiro atoms. The molecule has 0 aliphatic carbocycles. The summed E-state index contributed by atoms with van der Waals surface area (Å²) in [5.41, 5.74) is 0. The van der Waals surface area contributed by atoms with Crippen LogP contribution in [0.1, 0.15) is 226 Å². The molecule has 0 fully saturated rings. The Morgan fingerprint density at radius 1 is 0.304 bits per heavy atom. The average Bonchev–Trinajstić information content (AvgIpc) is 3.35. The summed E-state index contributed by atoms with van der Waals surface area (Å²) in [6.07, 6.45) is 78.8. The summed E-state index contributed by atoms with van der Waals surface area (Å²) in [5.74, 6) is -1.10. The van der Waals surface area contributed by atoms with Crippen molar-refractivity contribution >= 4 is 17.9 Å². The molecule has 0 aromatic heterocycles. The third kappa shape index (κ3) is 54.4. The van der Waals surface area contributed by atoms with E-state index in [0.29, 0.717) is 19.3 Å². The standard InChI is InChI=1S/C63H100O6/c1-4-7-10-13-16-19-22-25-28-30-31-33-35-38-41-44-47-50-53-56-62(65)68-59-60(58-67-61(64)55-52-49-46-43-40-37-34-27-24-21-18-15-12-9-6-3)69-63(66)57-54-51-48-45-42-39-36-32-29-26-23-20-17-14-11-8-5-2/h9,12,16,18-19,21,25-29,31,33-34,36,38-39,41,45,47-48,50,60H,4-8,10-11,13-15,17,20,22-24,30,32,35,37,40,42-44,46,49,51-59H2,1-3H3/b12-9-,19-16-,21-18-,28-25-,29-26-,33-31-,34-27-,39-36-,41-38-,48-45-,50-47-/t60-/m1/s1. The van der Waals surface area contributed by atoms with Gasteiger partial charge >= 0.3 is 17.9 Å². The lowest BCUT2D eigenvalue weighted by Crippen LogP contribution is -2.30. The first-order valence-electron chi connectivity index (χ1n) is 27.7. The molecule has 0 heterocycles. The van der Waals surface area contributed by atoms with Gasteiger partial charge in [-0.15, -0.1) is 0 Å². The van der Waals surface area contributed by atoms with Crippen molar-refractivity contribution in [1.29, 1.82) is 0 Å². The monoisotopic (exact) mass is 953 g/mol. The summed E-state index contributed by atoms with van der Waals surface area (Å²) in [4.78, 5) is 38.0. The van der Waals surface area contributed by atoms with Crippen molar-refractivity contribution in [2.24, 2.45) is 0 Å². The normalized spacial score (nSPS) is 13.1. The Hall–Kier alpha value is -4.45. The minimum Gasteiger partial charge on any atom is -0.462 e. The van der Waals surface area contributed by atoms with Crippen LogP contribution in [0.2, 0.25) is 0 Å². The molecule has 0 saturated heterocycles. The van der Waals surface area contributed by atoms with Gasteiger partial charge in [-0.2, -0.15) is 0 Å². The van der Waals surface area contributed by atoms with Gasteiger partial charge in [0, 0.05) is 19.3 Å². The van der Waals surface area contributed by atoms with E-state index >= 15 is 0 Å². The van der Waals surface area contributed by atoms with E-state index in [2.05, 4.69) is 142 Å². The largest absolute Gasteiger partial charge is 0.462 e. The van der Waals surface area contributed by atoms with Crippen LogP contribution in [0.3, 0.4) is 0 Å². The molecule has 0 bridgehead atoms. The Morgan fingerprint density at radius 2 is 0.609 bits per heavy atom.